The van der Waals surface area contributed by atoms with Crippen LogP contribution in [0.15, 0.2) is 24.3 Å². The third-order valence-corrected chi connectivity index (χ3v) is 3.67. The minimum atomic E-state index is -0.614. The maximum absolute atomic E-state index is 13.3. The molecule has 0 radical (unpaired) electrons. The van der Waals surface area contributed by atoms with Gasteiger partial charge in [0.25, 0.3) is 0 Å². The molecular weight excluding hydrogens is 233 g/mol. The maximum Gasteiger partial charge on any atom is 0.230 e. The second-order valence-corrected chi connectivity index (χ2v) is 4.78. The van der Waals surface area contributed by atoms with E-state index in [0.717, 1.165) is 31.2 Å². The molecule has 0 heterocycles. The summed E-state index contributed by atoms with van der Waals surface area (Å²) in [5.74, 6) is -0.409. The van der Waals surface area contributed by atoms with Gasteiger partial charge in [-0.15, -0.1) is 0 Å². The molecule has 1 fully saturated rings. The number of carbonyl (C=O) groups excluding carboxylic acids is 1. The van der Waals surface area contributed by atoms with Crippen molar-refractivity contribution in [3.05, 3.63) is 35.6 Å². The topological polar surface area (TPSA) is 49.3 Å². The van der Waals surface area contributed by atoms with E-state index in [1.165, 1.54) is 12.1 Å². The lowest BCUT2D eigenvalue weighted by Crippen LogP contribution is -2.43. The molecule has 1 aromatic rings. The average molecular weight is 251 g/mol. The van der Waals surface area contributed by atoms with Crippen LogP contribution in [0.1, 0.15) is 31.2 Å². The van der Waals surface area contributed by atoms with Crippen molar-refractivity contribution in [3.63, 3.8) is 0 Å². The van der Waals surface area contributed by atoms with Gasteiger partial charge >= 0.3 is 0 Å². The summed E-state index contributed by atoms with van der Waals surface area (Å²) >= 11 is 0. The minimum absolute atomic E-state index is 0.0784. The number of nitrogens with one attached hydrogen (secondary N) is 1. The van der Waals surface area contributed by atoms with Crippen LogP contribution >= 0.6 is 0 Å². The maximum atomic E-state index is 13.3. The van der Waals surface area contributed by atoms with Gasteiger partial charge in [0.1, 0.15) is 5.82 Å². The fourth-order valence-corrected chi connectivity index (χ4v) is 2.75. The summed E-state index contributed by atoms with van der Waals surface area (Å²) in [6.45, 7) is 0.168. The largest absolute Gasteiger partial charge is 0.395 e. The molecule has 1 aromatic carbocycles. The Morgan fingerprint density at radius 2 is 2.11 bits per heavy atom. The molecule has 0 bridgehead atoms. The summed E-state index contributed by atoms with van der Waals surface area (Å²) < 4.78 is 13.3. The van der Waals surface area contributed by atoms with Crippen molar-refractivity contribution in [1.29, 1.82) is 0 Å². The highest BCUT2D eigenvalue weighted by Crippen LogP contribution is 2.41. The highest BCUT2D eigenvalue weighted by Gasteiger charge is 2.42. The van der Waals surface area contributed by atoms with Crippen molar-refractivity contribution in [2.75, 3.05) is 13.2 Å². The zero-order valence-electron chi connectivity index (χ0n) is 10.3. The molecule has 3 nitrogen and oxygen atoms in total. The number of rotatable bonds is 4. The van der Waals surface area contributed by atoms with E-state index in [2.05, 4.69) is 5.32 Å². The van der Waals surface area contributed by atoms with Gasteiger partial charge in [-0.3, -0.25) is 4.79 Å². The van der Waals surface area contributed by atoms with Crippen molar-refractivity contribution >= 4 is 5.91 Å². The number of benzene rings is 1. The van der Waals surface area contributed by atoms with Gasteiger partial charge in [0.2, 0.25) is 5.91 Å². The monoisotopic (exact) mass is 251 g/mol. The molecule has 0 spiro atoms. The van der Waals surface area contributed by atoms with Crippen LogP contribution < -0.4 is 5.32 Å². The van der Waals surface area contributed by atoms with Crippen LogP contribution in [0.2, 0.25) is 0 Å². The number of amides is 1. The molecule has 1 aliphatic carbocycles. The first-order chi connectivity index (χ1) is 8.69. The van der Waals surface area contributed by atoms with E-state index >= 15 is 0 Å². The van der Waals surface area contributed by atoms with Gasteiger partial charge in [-0.25, -0.2) is 4.39 Å². The summed E-state index contributed by atoms with van der Waals surface area (Å²) in [5.41, 5.74) is 0.132. The zero-order chi connectivity index (χ0) is 13.0. The summed E-state index contributed by atoms with van der Waals surface area (Å²) in [6, 6.07) is 6.29. The van der Waals surface area contributed by atoms with E-state index in [4.69, 9.17) is 5.11 Å². The number of aliphatic hydroxyl groups excluding tert-OH is 1. The van der Waals surface area contributed by atoms with E-state index < -0.39 is 5.41 Å². The molecule has 98 valence electrons. The lowest BCUT2D eigenvalue weighted by molar-refractivity contribution is -0.126. The number of hydrogen-bond donors (Lipinski definition) is 2. The lowest BCUT2D eigenvalue weighted by atomic mass is 9.78. The van der Waals surface area contributed by atoms with Gasteiger partial charge in [0.15, 0.2) is 0 Å². The van der Waals surface area contributed by atoms with Gasteiger partial charge in [0, 0.05) is 6.54 Å². The van der Waals surface area contributed by atoms with E-state index in [9.17, 15) is 9.18 Å². The highest BCUT2D eigenvalue weighted by atomic mass is 19.1. The molecule has 0 aliphatic heterocycles. The molecular formula is C14H18FNO2. The van der Waals surface area contributed by atoms with E-state index in [1.54, 1.807) is 6.07 Å². The molecule has 0 atom stereocenters. The standard InChI is InChI=1S/C14H18FNO2/c15-12-5-3-4-11(10-12)14(6-1-2-7-14)13(18)16-8-9-17/h3-5,10,17H,1-2,6-9H2,(H,16,18). The second kappa shape index (κ2) is 5.48. The fourth-order valence-electron chi connectivity index (χ4n) is 2.75. The fraction of sp³-hybridized carbons (Fsp3) is 0.500. The Labute approximate surface area is 106 Å². The SMILES string of the molecule is O=C(NCCO)C1(c2cccc(F)c2)CCCC1. The van der Waals surface area contributed by atoms with Crippen LogP contribution in [0.5, 0.6) is 0 Å². The predicted molar refractivity (Wildman–Crippen MR) is 66.6 cm³/mol. The molecule has 0 aromatic heterocycles. The quantitative estimate of drug-likeness (QED) is 0.856. The first-order valence-electron chi connectivity index (χ1n) is 6.34. The Balaban J connectivity index is 2.29. The Morgan fingerprint density at radius 3 is 2.72 bits per heavy atom. The molecule has 1 saturated carbocycles. The summed E-state index contributed by atoms with van der Waals surface area (Å²) in [5, 5.41) is 11.5. The van der Waals surface area contributed by atoms with Crippen LogP contribution in [0.25, 0.3) is 0 Å². The molecule has 18 heavy (non-hydrogen) atoms. The van der Waals surface area contributed by atoms with Crippen LogP contribution in [-0.4, -0.2) is 24.2 Å². The highest BCUT2D eigenvalue weighted by molar-refractivity contribution is 5.88. The van der Waals surface area contributed by atoms with Crippen molar-refractivity contribution < 1.29 is 14.3 Å². The molecule has 2 N–H and O–H groups in total. The second-order valence-electron chi connectivity index (χ2n) is 4.78. The van der Waals surface area contributed by atoms with Gasteiger partial charge in [0.05, 0.1) is 12.0 Å². The number of halogens is 1. The Hall–Kier alpha value is -1.42. The lowest BCUT2D eigenvalue weighted by Gasteiger charge is -2.28. The molecule has 0 saturated heterocycles. The first-order valence-corrected chi connectivity index (χ1v) is 6.34. The molecule has 4 heteroatoms. The van der Waals surface area contributed by atoms with E-state index in [1.807, 2.05) is 6.07 Å². The smallest absolute Gasteiger partial charge is 0.230 e. The van der Waals surface area contributed by atoms with Crippen molar-refractivity contribution in [1.82, 2.24) is 5.32 Å². The van der Waals surface area contributed by atoms with Crippen molar-refractivity contribution in [2.24, 2.45) is 0 Å². The predicted octanol–water partition coefficient (Wildman–Crippen LogP) is 1.75. The molecule has 0 unspecified atom stereocenters. The molecule has 1 amide bonds. The third-order valence-electron chi connectivity index (χ3n) is 3.67. The molecule has 1 aliphatic rings. The molecule has 2 rings (SSSR count). The normalized spacial score (nSPS) is 17.7. The number of aliphatic hydroxyl groups is 1. The summed E-state index contributed by atoms with van der Waals surface area (Å²) in [6.07, 6.45) is 3.44. The van der Waals surface area contributed by atoms with Gasteiger partial charge < -0.3 is 10.4 Å². The summed E-state index contributed by atoms with van der Waals surface area (Å²) in [4.78, 5) is 12.3. The Kier molecular flexibility index (Phi) is 3.97. The van der Waals surface area contributed by atoms with Gasteiger partial charge in [-0.1, -0.05) is 25.0 Å². The van der Waals surface area contributed by atoms with E-state index in [0.29, 0.717) is 0 Å². The number of carbonyl (C=O) groups is 1. The van der Waals surface area contributed by atoms with Gasteiger partial charge in [-0.05, 0) is 30.5 Å². The van der Waals surface area contributed by atoms with E-state index in [-0.39, 0.29) is 24.9 Å². The zero-order valence-corrected chi connectivity index (χ0v) is 10.3. The Morgan fingerprint density at radius 1 is 1.39 bits per heavy atom. The van der Waals surface area contributed by atoms with Crippen LogP contribution in [-0.2, 0) is 10.2 Å². The third kappa shape index (κ3) is 2.38. The van der Waals surface area contributed by atoms with Gasteiger partial charge in [-0.2, -0.15) is 0 Å². The minimum Gasteiger partial charge on any atom is -0.395 e. The van der Waals surface area contributed by atoms with Crippen LogP contribution in [0.3, 0.4) is 0 Å². The average Bonchev–Trinajstić information content (AvgIpc) is 2.86. The number of hydrogen-bond acceptors (Lipinski definition) is 2. The van der Waals surface area contributed by atoms with Crippen LogP contribution in [0, 0.1) is 5.82 Å². The Bertz CT molecular complexity index is 428. The van der Waals surface area contributed by atoms with Crippen LogP contribution in [0.4, 0.5) is 4.39 Å². The van der Waals surface area contributed by atoms with Crippen molar-refractivity contribution in [2.45, 2.75) is 31.1 Å². The van der Waals surface area contributed by atoms with Crippen molar-refractivity contribution in [3.8, 4) is 0 Å². The first kappa shape index (κ1) is 13.0. The summed E-state index contributed by atoms with van der Waals surface area (Å²) in [7, 11) is 0.